The summed E-state index contributed by atoms with van der Waals surface area (Å²) in [5.74, 6) is 0. The Balaban J connectivity index is 3.19. The fraction of sp³-hybridized carbons (Fsp3) is 0.222. The van der Waals surface area contributed by atoms with Crippen molar-refractivity contribution in [3.8, 4) is 0 Å². The van der Waals surface area contributed by atoms with Crippen LogP contribution in [0.25, 0.3) is 5.57 Å². The molecular formula is C9H10BrN. The van der Waals surface area contributed by atoms with Gasteiger partial charge in [0.2, 0.25) is 0 Å². The van der Waals surface area contributed by atoms with Gasteiger partial charge in [0.25, 0.3) is 0 Å². The van der Waals surface area contributed by atoms with E-state index in [1.807, 2.05) is 26.0 Å². The number of aryl methyl sites for hydroxylation is 1. The molecular weight excluding hydrogens is 202 g/mol. The van der Waals surface area contributed by atoms with Gasteiger partial charge in [0.05, 0.1) is 5.69 Å². The van der Waals surface area contributed by atoms with Crippen LogP contribution in [0.3, 0.4) is 0 Å². The highest BCUT2D eigenvalue weighted by Gasteiger charge is 1.97. The Hall–Kier alpha value is -0.630. The first-order valence-corrected chi connectivity index (χ1v) is 4.19. The number of rotatable bonds is 1. The first kappa shape index (κ1) is 8.47. The highest BCUT2D eigenvalue weighted by atomic mass is 79.9. The number of halogens is 1. The van der Waals surface area contributed by atoms with Gasteiger partial charge in [-0.15, -0.1) is 0 Å². The molecule has 1 nitrogen and oxygen atoms in total. The predicted octanol–water partition coefficient (Wildman–Crippen LogP) is 3.19. The van der Waals surface area contributed by atoms with Crippen LogP contribution in [-0.2, 0) is 0 Å². The van der Waals surface area contributed by atoms with Crippen molar-refractivity contribution in [3.05, 3.63) is 34.6 Å². The number of aromatic nitrogens is 1. The highest BCUT2D eigenvalue weighted by molar-refractivity contribution is 9.10. The second kappa shape index (κ2) is 3.18. The average molecular weight is 212 g/mol. The topological polar surface area (TPSA) is 12.9 Å². The maximum atomic E-state index is 4.25. The first-order chi connectivity index (χ1) is 5.09. The zero-order chi connectivity index (χ0) is 8.43. The first-order valence-electron chi connectivity index (χ1n) is 3.39. The fourth-order valence-electron chi connectivity index (χ4n) is 0.843. The summed E-state index contributed by atoms with van der Waals surface area (Å²) >= 11 is 3.33. The second-order valence-electron chi connectivity index (χ2n) is 2.63. The van der Waals surface area contributed by atoms with E-state index in [0.717, 1.165) is 15.9 Å². The van der Waals surface area contributed by atoms with Crippen LogP contribution in [-0.4, -0.2) is 4.98 Å². The average Bonchev–Trinajstić information content (AvgIpc) is 1.85. The zero-order valence-electron chi connectivity index (χ0n) is 6.69. The molecule has 0 saturated carbocycles. The summed E-state index contributed by atoms with van der Waals surface area (Å²) in [6.45, 7) is 7.82. The van der Waals surface area contributed by atoms with Gasteiger partial charge >= 0.3 is 0 Å². The fourth-order valence-corrected chi connectivity index (χ4v) is 1.40. The molecule has 1 aromatic heterocycles. The number of allylic oxidation sites excluding steroid dienone is 1. The summed E-state index contributed by atoms with van der Waals surface area (Å²) in [4.78, 5) is 4.25. The highest BCUT2D eigenvalue weighted by Crippen LogP contribution is 2.15. The summed E-state index contributed by atoms with van der Waals surface area (Å²) in [6, 6.07) is 4.00. The van der Waals surface area contributed by atoms with E-state index >= 15 is 0 Å². The molecule has 0 spiro atoms. The van der Waals surface area contributed by atoms with Crippen LogP contribution in [0.1, 0.15) is 18.2 Å². The Morgan fingerprint density at radius 1 is 1.55 bits per heavy atom. The Bertz CT molecular complexity index is 271. The van der Waals surface area contributed by atoms with Gasteiger partial charge < -0.3 is 0 Å². The standard InChI is InChI=1S/C9H10BrN/c1-6(2)8-4-7(3)5-9(10)11-8/h4-5H,1H2,2-3H3. The molecule has 0 aromatic carbocycles. The van der Waals surface area contributed by atoms with Crippen molar-refractivity contribution in [1.82, 2.24) is 4.98 Å². The van der Waals surface area contributed by atoms with E-state index in [2.05, 4.69) is 27.5 Å². The Morgan fingerprint density at radius 2 is 2.18 bits per heavy atom. The van der Waals surface area contributed by atoms with Gasteiger partial charge in [-0.05, 0) is 53.0 Å². The van der Waals surface area contributed by atoms with Crippen molar-refractivity contribution in [1.29, 1.82) is 0 Å². The molecule has 0 aliphatic carbocycles. The molecule has 1 aromatic rings. The quantitative estimate of drug-likeness (QED) is 0.651. The zero-order valence-corrected chi connectivity index (χ0v) is 8.27. The van der Waals surface area contributed by atoms with E-state index < -0.39 is 0 Å². The summed E-state index contributed by atoms with van der Waals surface area (Å²) in [5.41, 5.74) is 3.15. The van der Waals surface area contributed by atoms with Crippen LogP contribution in [0.2, 0.25) is 0 Å². The lowest BCUT2D eigenvalue weighted by Crippen LogP contribution is -1.87. The van der Waals surface area contributed by atoms with Crippen molar-refractivity contribution >= 4 is 21.5 Å². The van der Waals surface area contributed by atoms with Crippen molar-refractivity contribution in [3.63, 3.8) is 0 Å². The lowest BCUT2D eigenvalue weighted by atomic mass is 10.2. The van der Waals surface area contributed by atoms with Crippen LogP contribution >= 0.6 is 15.9 Å². The van der Waals surface area contributed by atoms with Gasteiger partial charge in [-0.2, -0.15) is 0 Å². The molecule has 0 unspecified atom stereocenters. The molecule has 11 heavy (non-hydrogen) atoms. The van der Waals surface area contributed by atoms with Gasteiger partial charge in [-0.25, -0.2) is 4.98 Å². The predicted molar refractivity (Wildman–Crippen MR) is 51.4 cm³/mol. The molecule has 1 rings (SSSR count). The molecule has 0 amide bonds. The smallest absolute Gasteiger partial charge is 0.107 e. The van der Waals surface area contributed by atoms with Gasteiger partial charge in [-0.3, -0.25) is 0 Å². The number of pyridine rings is 1. The molecule has 58 valence electrons. The third kappa shape index (κ3) is 2.15. The Morgan fingerprint density at radius 3 is 2.64 bits per heavy atom. The monoisotopic (exact) mass is 211 g/mol. The Labute approximate surface area is 75.3 Å². The maximum Gasteiger partial charge on any atom is 0.107 e. The lowest BCUT2D eigenvalue weighted by Gasteiger charge is -2.00. The summed E-state index contributed by atoms with van der Waals surface area (Å²) in [7, 11) is 0. The van der Waals surface area contributed by atoms with Crippen LogP contribution in [0, 0.1) is 6.92 Å². The van der Waals surface area contributed by atoms with Gasteiger partial charge in [-0.1, -0.05) is 6.58 Å². The molecule has 0 aliphatic rings. The summed E-state index contributed by atoms with van der Waals surface area (Å²) < 4.78 is 0.871. The van der Waals surface area contributed by atoms with E-state index in [4.69, 9.17) is 0 Å². The molecule has 0 fully saturated rings. The van der Waals surface area contributed by atoms with Crippen LogP contribution < -0.4 is 0 Å². The van der Waals surface area contributed by atoms with Gasteiger partial charge in [0, 0.05) is 0 Å². The summed E-state index contributed by atoms with van der Waals surface area (Å²) in [5, 5.41) is 0. The van der Waals surface area contributed by atoms with E-state index in [1.165, 1.54) is 5.56 Å². The van der Waals surface area contributed by atoms with Crippen molar-refractivity contribution in [2.24, 2.45) is 0 Å². The van der Waals surface area contributed by atoms with Crippen LogP contribution in [0.15, 0.2) is 23.3 Å². The molecule has 1 heterocycles. The maximum absolute atomic E-state index is 4.25. The largest absolute Gasteiger partial charge is 0.241 e. The molecule has 0 atom stereocenters. The van der Waals surface area contributed by atoms with Crippen LogP contribution in [0.5, 0.6) is 0 Å². The molecule has 2 heteroatoms. The third-order valence-corrected chi connectivity index (χ3v) is 1.78. The second-order valence-corrected chi connectivity index (χ2v) is 3.45. The van der Waals surface area contributed by atoms with E-state index in [-0.39, 0.29) is 0 Å². The van der Waals surface area contributed by atoms with Crippen molar-refractivity contribution in [2.45, 2.75) is 13.8 Å². The Kier molecular flexibility index (Phi) is 2.45. The lowest BCUT2D eigenvalue weighted by molar-refractivity contribution is 1.20. The van der Waals surface area contributed by atoms with Crippen molar-refractivity contribution < 1.29 is 0 Å². The van der Waals surface area contributed by atoms with Crippen molar-refractivity contribution in [2.75, 3.05) is 0 Å². The third-order valence-electron chi connectivity index (χ3n) is 1.38. The minimum absolute atomic E-state index is 0.871. The molecule has 0 radical (unpaired) electrons. The normalized spacial score (nSPS) is 9.73. The number of nitrogens with zero attached hydrogens (tertiary/aromatic N) is 1. The minimum Gasteiger partial charge on any atom is -0.241 e. The number of hydrogen-bond donors (Lipinski definition) is 0. The van der Waals surface area contributed by atoms with E-state index in [9.17, 15) is 0 Å². The molecule has 0 aliphatic heterocycles. The SMILES string of the molecule is C=C(C)c1cc(C)cc(Br)n1. The molecule has 0 bridgehead atoms. The number of hydrogen-bond acceptors (Lipinski definition) is 1. The molecule has 0 saturated heterocycles. The summed E-state index contributed by atoms with van der Waals surface area (Å²) in [6.07, 6.45) is 0. The van der Waals surface area contributed by atoms with Gasteiger partial charge in [0.1, 0.15) is 4.60 Å². The van der Waals surface area contributed by atoms with E-state index in [1.54, 1.807) is 0 Å². The minimum atomic E-state index is 0.871. The molecule has 0 N–H and O–H groups in total. The van der Waals surface area contributed by atoms with E-state index in [0.29, 0.717) is 0 Å². The van der Waals surface area contributed by atoms with Crippen LogP contribution in [0.4, 0.5) is 0 Å². The van der Waals surface area contributed by atoms with Gasteiger partial charge in [0.15, 0.2) is 0 Å².